The molecule has 0 aromatic carbocycles. The van der Waals surface area contributed by atoms with Crippen LogP contribution in [-0.2, 0) is 16.3 Å². The van der Waals surface area contributed by atoms with Gasteiger partial charge < -0.3 is 9.09 Å². The Labute approximate surface area is 155 Å². The van der Waals surface area contributed by atoms with E-state index in [9.17, 15) is 8.42 Å². The zero-order valence-electron chi connectivity index (χ0n) is 14.4. The molecule has 0 spiro atoms. The zero-order chi connectivity index (χ0) is 18.2. The molecule has 2 aliphatic rings. The van der Waals surface area contributed by atoms with Crippen molar-refractivity contribution in [2.45, 2.75) is 50.0 Å². The topological polar surface area (TPSA) is 90.9 Å². The van der Waals surface area contributed by atoms with Crippen LogP contribution in [0.25, 0.3) is 22.3 Å². The first-order valence-corrected chi connectivity index (χ1v) is 10.7. The van der Waals surface area contributed by atoms with Gasteiger partial charge in [0.05, 0.1) is 11.1 Å². The third-order valence-corrected chi connectivity index (χ3v) is 7.18. The van der Waals surface area contributed by atoms with Crippen LogP contribution in [-0.4, -0.2) is 33.9 Å². The Hall–Kier alpha value is -1.93. The number of hydrogen-bond acceptors (Lipinski definition) is 6. The molecule has 0 unspecified atom stereocenters. The molecule has 9 heteroatoms. The number of sulfone groups is 1. The molecule has 0 amide bonds. The molecule has 0 bridgehead atoms. The maximum absolute atomic E-state index is 13.0. The highest BCUT2D eigenvalue weighted by atomic mass is 35.5. The van der Waals surface area contributed by atoms with Gasteiger partial charge in [0.25, 0.3) is 0 Å². The van der Waals surface area contributed by atoms with Crippen molar-refractivity contribution in [1.82, 2.24) is 19.7 Å². The second kappa shape index (κ2) is 5.29. The Balaban J connectivity index is 1.95. The minimum atomic E-state index is -3.49. The van der Waals surface area contributed by atoms with Crippen molar-refractivity contribution < 1.29 is 12.9 Å². The smallest absolute Gasteiger partial charge is 0.184 e. The van der Waals surface area contributed by atoms with Crippen LogP contribution < -0.4 is 0 Å². The summed E-state index contributed by atoms with van der Waals surface area (Å²) in [7, 11) is -3.49. The Kier molecular flexibility index (Phi) is 3.31. The second-order valence-corrected chi connectivity index (χ2v) is 9.62. The van der Waals surface area contributed by atoms with Gasteiger partial charge >= 0.3 is 0 Å². The van der Waals surface area contributed by atoms with Crippen molar-refractivity contribution in [1.29, 1.82) is 0 Å². The van der Waals surface area contributed by atoms with E-state index in [1.165, 1.54) is 6.33 Å². The third-order valence-electron chi connectivity index (χ3n) is 5.13. The number of nitrogens with zero attached hydrogens (tertiary/aromatic N) is 4. The van der Waals surface area contributed by atoms with Crippen LogP contribution in [0.4, 0.5) is 0 Å². The Bertz CT molecular complexity index is 1160. The van der Waals surface area contributed by atoms with Crippen molar-refractivity contribution in [3.05, 3.63) is 22.9 Å². The van der Waals surface area contributed by atoms with Gasteiger partial charge in [-0.3, -0.25) is 0 Å². The van der Waals surface area contributed by atoms with Crippen LogP contribution >= 0.6 is 11.6 Å². The molecule has 1 aliphatic heterocycles. The fourth-order valence-electron chi connectivity index (χ4n) is 3.90. The summed E-state index contributed by atoms with van der Waals surface area (Å²) in [5, 5.41) is 5.14. The maximum Gasteiger partial charge on any atom is 0.184 e. The molecule has 1 aliphatic carbocycles. The van der Waals surface area contributed by atoms with Crippen LogP contribution in [0.15, 0.2) is 15.7 Å². The number of halogens is 1. The first-order chi connectivity index (χ1) is 12.4. The summed E-state index contributed by atoms with van der Waals surface area (Å²) in [6.45, 7) is 4.07. The van der Waals surface area contributed by atoms with Gasteiger partial charge in [-0.25, -0.2) is 18.4 Å². The summed E-state index contributed by atoms with van der Waals surface area (Å²) >= 11 is 6.41. The van der Waals surface area contributed by atoms with Crippen LogP contribution in [0.3, 0.4) is 0 Å². The molecule has 0 radical (unpaired) electrons. The second-order valence-electron chi connectivity index (χ2n) is 7.22. The molecule has 1 fully saturated rings. The average Bonchev–Trinajstić information content (AvgIpc) is 3.24. The zero-order valence-corrected chi connectivity index (χ0v) is 15.9. The summed E-state index contributed by atoms with van der Waals surface area (Å²) < 4.78 is 33.6. The number of rotatable bonds is 2. The molecule has 3 aromatic rings. The summed E-state index contributed by atoms with van der Waals surface area (Å²) in [4.78, 5) is 8.77. The van der Waals surface area contributed by atoms with Crippen LogP contribution in [0.5, 0.6) is 0 Å². The van der Waals surface area contributed by atoms with Crippen molar-refractivity contribution >= 4 is 32.5 Å². The molecule has 0 atom stereocenters. The summed E-state index contributed by atoms with van der Waals surface area (Å²) in [5.74, 6) is 0.654. The first kappa shape index (κ1) is 16.3. The van der Waals surface area contributed by atoms with E-state index in [0.29, 0.717) is 39.6 Å². The summed E-state index contributed by atoms with van der Waals surface area (Å²) in [6.07, 6.45) is 3.67. The van der Waals surface area contributed by atoms with Crippen molar-refractivity contribution in [2.75, 3.05) is 5.75 Å². The number of aromatic nitrogens is 4. The molecule has 136 valence electrons. The number of fused-ring (bicyclic) bond motifs is 5. The van der Waals surface area contributed by atoms with E-state index >= 15 is 0 Å². The highest BCUT2D eigenvalue weighted by molar-refractivity contribution is 7.91. The lowest BCUT2D eigenvalue weighted by atomic mass is 10.1. The SMILES string of the molecule is CC(C)n1c2c(c3c(Cl)ncnc31)-c1noc(C3CC3)c1S(=O)(=O)CC2. The molecule has 4 heterocycles. The molecule has 0 saturated heterocycles. The number of hydrogen-bond donors (Lipinski definition) is 0. The van der Waals surface area contributed by atoms with Gasteiger partial charge in [-0.1, -0.05) is 16.8 Å². The van der Waals surface area contributed by atoms with Crippen LogP contribution in [0.2, 0.25) is 5.15 Å². The van der Waals surface area contributed by atoms with E-state index in [-0.39, 0.29) is 22.6 Å². The summed E-state index contributed by atoms with van der Waals surface area (Å²) in [5.41, 5.74) is 2.63. The quantitative estimate of drug-likeness (QED) is 0.619. The van der Waals surface area contributed by atoms with E-state index in [1.54, 1.807) is 0 Å². The van der Waals surface area contributed by atoms with Gasteiger partial charge in [0, 0.05) is 29.6 Å². The lowest BCUT2D eigenvalue weighted by molar-refractivity contribution is 0.382. The van der Waals surface area contributed by atoms with Gasteiger partial charge in [-0.15, -0.1) is 0 Å². The van der Waals surface area contributed by atoms with E-state index in [4.69, 9.17) is 16.1 Å². The van der Waals surface area contributed by atoms with E-state index in [1.807, 2.05) is 18.4 Å². The lowest BCUT2D eigenvalue weighted by Crippen LogP contribution is -2.12. The van der Waals surface area contributed by atoms with Gasteiger partial charge in [0.1, 0.15) is 27.7 Å². The molecule has 7 nitrogen and oxygen atoms in total. The van der Waals surface area contributed by atoms with Crippen LogP contribution in [0.1, 0.15) is 50.1 Å². The molecule has 26 heavy (non-hydrogen) atoms. The highest BCUT2D eigenvalue weighted by Crippen LogP contribution is 2.49. The standard InChI is InChI=1S/C17H17ClN4O3S/c1-8(2)22-10-5-6-26(23,24)15-13(21-25-14(15)9-3-4-9)11(10)12-16(18)19-7-20-17(12)22/h7-9H,3-6H2,1-2H3. The molecule has 0 N–H and O–H groups in total. The van der Waals surface area contributed by atoms with E-state index in [0.717, 1.165) is 18.5 Å². The molecule has 1 saturated carbocycles. The van der Waals surface area contributed by atoms with Crippen molar-refractivity contribution in [2.24, 2.45) is 0 Å². The van der Waals surface area contributed by atoms with Gasteiger partial charge in [-0.2, -0.15) is 0 Å². The molecular weight excluding hydrogens is 376 g/mol. The molecule has 5 rings (SSSR count). The normalized spacial score (nSPS) is 18.8. The van der Waals surface area contributed by atoms with Gasteiger partial charge in [0.15, 0.2) is 15.6 Å². The molecule has 3 aromatic heterocycles. The minimum Gasteiger partial charge on any atom is -0.359 e. The van der Waals surface area contributed by atoms with Crippen molar-refractivity contribution in [3.8, 4) is 11.3 Å². The predicted octanol–water partition coefficient (Wildman–Crippen LogP) is 3.53. The first-order valence-electron chi connectivity index (χ1n) is 8.66. The third kappa shape index (κ3) is 2.11. The Morgan fingerprint density at radius 2 is 2.08 bits per heavy atom. The molecular formula is C17H17ClN4O3S. The monoisotopic (exact) mass is 392 g/mol. The lowest BCUT2D eigenvalue weighted by Gasteiger charge is -2.13. The fraction of sp³-hybridized carbons (Fsp3) is 0.471. The van der Waals surface area contributed by atoms with Gasteiger partial charge in [0.2, 0.25) is 0 Å². The van der Waals surface area contributed by atoms with E-state index in [2.05, 4.69) is 15.1 Å². The minimum absolute atomic E-state index is 0.0159. The van der Waals surface area contributed by atoms with Crippen molar-refractivity contribution in [3.63, 3.8) is 0 Å². The maximum atomic E-state index is 13.0. The summed E-state index contributed by atoms with van der Waals surface area (Å²) in [6, 6.07) is 0.0891. The van der Waals surface area contributed by atoms with Crippen LogP contribution in [0, 0.1) is 0 Å². The highest BCUT2D eigenvalue weighted by Gasteiger charge is 2.41. The Morgan fingerprint density at radius 1 is 1.31 bits per heavy atom. The van der Waals surface area contributed by atoms with Gasteiger partial charge in [-0.05, 0) is 26.7 Å². The average molecular weight is 393 g/mol. The predicted molar refractivity (Wildman–Crippen MR) is 96.2 cm³/mol. The largest absolute Gasteiger partial charge is 0.359 e. The van der Waals surface area contributed by atoms with E-state index < -0.39 is 9.84 Å². The fourth-order valence-corrected chi connectivity index (χ4v) is 5.73. The Morgan fingerprint density at radius 3 is 2.77 bits per heavy atom.